The van der Waals surface area contributed by atoms with Crippen LogP contribution in [0.3, 0.4) is 0 Å². The quantitative estimate of drug-likeness (QED) is 0.725. The van der Waals surface area contributed by atoms with Crippen LogP contribution >= 0.6 is 0 Å². The van der Waals surface area contributed by atoms with Crippen LogP contribution in [0.15, 0.2) is 0 Å². The van der Waals surface area contributed by atoms with Crippen LogP contribution < -0.4 is 5.32 Å². The van der Waals surface area contributed by atoms with Gasteiger partial charge in [-0.05, 0) is 40.9 Å². The van der Waals surface area contributed by atoms with Crippen molar-refractivity contribution in [2.45, 2.75) is 39.8 Å². The van der Waals surface area contributed by atoms with Crippen molar-refractivity contribution in [2.75, 3.05) is 34.2 Å². The van der Waals surface area contributed by atoms with Gasteiger partial charge in [-0.1, -0.05) is 13.8 Å². The smallest absolute Gasteiger partial charge is 0.237 e. The summed E-state index contributed by atoms with van der Waals surface area (Å²) in [6.45, 7) is 10.00. The zero-order valence-corrected chi connectivity index (χ0v) is 12.4. The highest BCUT2D eigenvalue weighted by atomic mass is 16.2. The molecule has 4 heteroatoms. The van der Waals surface area contributed by atoms with E-state index in [9.17, 15) is 4.79 Å². The predicted octanol–water partition coefficient (Wildman–Crippen LogP) is 1.03. The number of hydrogen-bond acceptors (Lipinski definition) is 3. The second-order valence-electron chi connectivity index (χ2n) is 5.54. The Bertz CT molecular complexity index is 227. The molecule has 0 aromatic rings. The first kappa shape index (κ1) is 16.4. The number of carbonyl (C=O) groups excluding carboxylic acids is 1. The molecule has 4 nitrogen and oxygen atoms in total. The molecule has 1 N–H and O–H groups in total. The van der Waals surface area contributed by atoms with E-state index in [1.54, 1.807) is 0 Å². The van der Waals surface area contributed by atoms with Gasteiger partial charge in [0.2, 0.25) is 5.91 Å². The summed E-state index contributed by atoms with van der Waals surface area (Å²) in [6.07, 6.45) is 0. The third-order valence-corrected chi connectivity index (χ3v) is 3.01. The summed E-state index contributed by atoms with van der Waals surface area (Å²) in [4.78, 5) is 16.3. The number of hydrogen-bond donors (Lipinski definition) is 1. The molecule has 0 aliphatic heterocycles. The average Bonchev–Trinajstić information content (AvgIpc) is 2.16. The van der Waals surface area contributed by atoms with Crippen molar-refractivity contribution in [1.82, 2.24) is 15.1 Å². The van der Waals surface area contributed by atoms with Crippen LogP contribution in [-0.2, 0) is 4.79 Å². The highest BCUT2D eigenvalue weighted by Crippen LogP contribution is 2.12. The van der Waals surface area contributed by atoms with Crippen molar-refractivity contribution in [3.8, 4) is 0 Å². The molecule has 0 saturated heterocycles. The minimum absolute atomic E-state index is 0.0443. The van der Waals surface area contributed by atoms with E-state index in [1.807, 2.05) is 21.1 Å². The summed E-state index contributed by atoms with van der Waals surface area (Å²) in [7, 11) is 6.03. The lowest BCUT2D eigenvalue weighted by molar-refractivity contribution is -0.128. The lowest BCUT2D eigenvalue weighted by atomic mass is 10.0. The highest BCUT2D eigenvalue weighted by Gasteiger charge is 2.27. The molecule has 0 aliphatic carbocycles. The molecule has 0 heterocycles. The molecule has 0 radical (unpaired) electrons. The molecule has 0 fully saturated rings. The van der Waals surface area contributed by atoms with Crippen LogP contribution in [0.25, 0.3) is 0 Å². The Morgan fingerprint density at radius 1 is 1.12 bits per heavy atom. The zero-order valence-electron chi connectivity index (χ0n) is 12.4. The molecule has 102 valence electrons. The summed E-state index contributed by atoms with van der Waals surface area (Å²) in [5.41, 5.74) is 0. The summed E-state index contributed by atoms with van der Waals surface area (Å²) >= 11 is 0. The second kappa shape index (κ2) is 7.67. The van der Waals surface area contributed by atoms with Gasteiger partial charge in [0, 0.05) is 19.1 Å². The van der Waals surface area contributed by atoms with E-state index in [2.05, 4.69) is 42.8 Å². The van der Waals surface area contributed by atoms with Gasteiger partial charge in [-0.25, -0.2) is 0 Å². The summed E-state index contributed by atoms with van der Waals surface area (Å²) < 4.78 is 0. The van der Waals surface area contributed by atoms with Gasteiger partial charge >= 0.3 is 0 Å². The van der Waals surface area contributed by atoms with Crippen molar-refractivity contribution in [3.05, 3.63) is 0 Å². The zero-order chi connectivity index (χ0) is 13.6. The maximum atomic E-state index is 12.1. The van der Waals surface area contributed by atoms with Gasteiger partial charge in [0.1, 0.15) is 0 Å². The van der Waals surface area contributed by atoms with Gasteiger partial charge < -0.3 is 10.2 Å². The van der Waals surface area contributed by atoms with E-state index in [0.717, 1.165) is 6.54 Å². The molecule has 1 amide bonds. The SMILES string of the molecule is CC(C)[C@H](C(=O)NCCN(C)C)N(C)C(C)C. The Labute approximate surface area is 106 Å². The van der Waals surface area contributed by atoms with Crippen molar-refractivity contribution < 1.29 is 4.79 Å². The van der Waals surface area contributed by atoms with Crippen LogP contribution in [0.1, 0.15) is 27.7 Å². The van der Waals surface area contributed by atoms with E-state index in [-0.39, 0.29) is 11.9 Å². The maximum absolute atomic E-state index is 12.1. The summed E-state index contributed by atoms with van der Waals surface area (Å²) in [6, 6.07) is 0.333. The van der Waals surface area contributed by atoms with Crippen molar-refractivity contribution in [2.24, 2.45) is 5.92 Å². The van der Waals surface area contributed by atoms with E-state index < -0.39 is 0 Å². The van der Waals surface area contributed by atoms with Crippen LogP contribution in [0, 0.1) is 5.92 Å². The second-order valence-corrected chi connectivity index (χ2v) is 5.54. The molecule has 1 atom stereocenters. The Kier molecular flexibility index (Phi) is 7.39. The minimum atomic E-state index is -0.0443. The topological polar surface area (TPSA) is 35.6 Å². The van der Waals surface area contributed by atoms with Gasteiger partial charge in [0.25, 0.3) is 0 Å². The fourth-order valence-corrected chi connectivity index (χ4v) is 1.79. The molecular weight excluding hydrogens is 214 g/mol. The van der Waals surface area contributed by atoms with Crippen molar-refractivity contribution >= 4 is 5.91 Å². The predicted molar refractivity (Wildman–Crippen MR) is 73.1 cm³/mol. The van der Waals surface area contributed by atoms with E-state index >= 15 is 0 Å². The Morgan fingerprint density at radius 3 is 2.00 bits per heavy atom. The normalized spacial score (nSPS) is 13.8. The van der Waals surface area contributed by atoms with Gasteiger partial charge in [-0.3, -0.25) is 9.69 Å². The van der Waals surface area contributed by atoms with Crippen LogP contribution in [0.2, 0.25) is 0 Å². The number of rotatable bonds is 7. The Balaban J connectivity index is 4.35. The number of amides is 1. The molecule has 17 heavy (non-hydrogen) atoms. The molecule has 0 aromatic carbocycles. The average molecular weight is 243 g/mol. The first-order valence-corrected chi connectivity index (χ1v) is 6.41. The molecule has 0 rings (SSSR count). The maximum Gasteiger partial charge on any atom is 0.237 e. The van der Waals surface area contributed by atoms with Crippen LogP contribution in [0.4, 0.5) is 0 Å². The number of likely N-dealkylation sites (N-methyl/N-ethyl adjacent to an activating group) is 2. The summed E-state index contributed by atoms with van der Waals surface area (Å²) in [5, 5.41) is 3.01. The van der Waals surface area contributed by atoms with Gasteiger partial charge in [0.15, 0.2) is 0 Å². The third kappa shape index (κ3) is 6.03. The fourth-order valence-electron chi connectivity index (χ4n) is 1.79. The van der Waals surface area contributed by atoms with Crippen molar-refractivity contribution in [3.63, 3.8) is 0 Å². The first-order valence-electron chi connectivity index (χ1n) is 6.41. The molecule has 0 bridgehead atoms. The number of carbonyl (C=O) groups is 1. The third-order valence-electron chi connectivity index (χ3n) is 3.01. The fraction of sp³-hybridized carbons (Fsp3) is 0.923. The standard InChI is InChI=1S/C13H29N3O/c1-10(2)12(16(7)11(3)4)13(17)14-8-9-15(5)6/h10-12H,8-9H2,1-7H3,(H,14,17)/t12-/m1/s1. The lowest BCUT2D eigenvalue weighted by Crippen LogP contribution is -2.51. The minimum Gasteiger partial charge on any atom is -0.353 e. The van der Waals surface area contributed by atoms with Crippen LogP contribution in [-0.4, -0.2) is 62.0 Å². The van der Waals surface area contributed by atoms with Gasteiger partial charge in [-0.15, -0.1) is 0 Å². The molecule has 0 aromatic heterocycles. The van der Waals surface area contributed by atoms with Crippen molar-refractivity contribution in [1.29, 1.82) is 0 Å². The van der Waals surface area contributed by atoms with E-state index in [1.165, 1.54) is 0 Å². The molecule has 0 spiro atoms. The number of nitrogens with one attached hydrogen (secondary N) is 1. The first-order chi connectivity index (χ1) is 7.77. The molecular formula is C13H29N3O. The molecule has 0 aliphatic rings. The van der Waals surface area contributed by atoms with Gasteiger partial charge in [-0.2, -0.15) is 0 Å². The number of nitrogens with zero attached hydrogens (tertiary/aromatic N) is 2. The largest absolute Gasteiger partial charge is 0.353 e. The van der Waals surface area contributed by atoms with E-state index in [4.69, 9.17) is 0 Å². The summed E-state index contributed by atoms with van der Waals surface area (Å²) in [5.74, 6) is 0.458. The Hall–Kier alpha value is -0.610. The highest BCUT2D eigenvalue weighted by molar-refractivity contribution is 5.82. The lowest BCUT2D eigenvalue weighted by Gasteiger charge is -2.33. The van der Waals surface area contributed by atoms with Crippen LogP contribution in [0.5, 0.6) is 0 Å². The van der Waals surface area contributed by atoms with Gasteiger partial charge in [0.05, 0.1) is 6.04 Å². The molecule has 0 saturated carbocycles. The van der Waals surface area contributed by atoms with E-state index in [0.29, 0.717) is 18.5 Å². The Morgan fingerprint density at radius 2 is 1.65 bits per heavy atom. The monoisotopic (exact) mass is 243 g/mol. The molecule has 0 unspecified atom stereocenters.